The number of hydrogen-bond donors (Lipinski definition) is 0. The lowest BCUT2D eigenvalue weighted by atomic mass is 9.98. The predicted octanol–water partition coefficient (Wildman–Crippen LogP) is 4.05. The van der Waals surface area contributed by atoms with Crippen molar-refractivity contribution in [2.45, 2.75) is 50.6 Å². The Morgan fingerprint density at radius 1 is 1.13 bits per heavy atom. The summed E-state index contributed by atoms with van der Waals surface area (Å²) in [5.41, 5.74) is 0.764. The first-order valence-electron chi connectivity index (χ1n) is 8.34. The van der Waals surface area contributed by atoms with Crippen LogP contribution in [0.2, 0.25) is 0 Å². The minimum absolute atomic E-state index is 0.0189. The van der Waals surface area contributed by atoms with Gasteiger partial charge in [0.25, 0.3) is 0 Å². The fraction of sp³-hybridized carbons (Fsp3) is 0.611. The third kappa shape index (κ3) is 4.67. The molecule has 1 saturated carbocycles. The molecule has 2 rings (SSSR count). The summed E-state index contributed by atoms with van der Waals surface area (Å²) in [6.07, 6.45) is 5.83. The van der Waals surface area contributed by atoms with Crippen molar-refractivity contribution in [2.75, 3.05) is 24.9 Å². The molecule has 23 heavy (non-hydrogen) atoms. The number of carbonyl (C=O) groups excluding carboxylic acids is 1. The van der Waals surface area contributed by atoms with Crippen molar-refractivity contribution < 1.29 is 9.18 Å². The predicted molar refractivity (Wildman–Crippen MR) is 93.6 cm³/mol. The molecule has 5 heteroatoms. The van der Waals surface area contributed by atoms with E-state index in [1.165, 1.54) is 25.0 Å². The van der Waals surface area contributed by atoms with Crippen molar-refractivity contribution >= 4 is 23.2 Å². The monoisotopic (exact) mass is 340 g/mol. The maximum atomic E-state index is 13.3. The number of halogens is 2. The summed E-state index contributed by atoms with van der Waals surface area (Å²) in [4.78, 5) is 16.8. The molecule has 0 bridgehead atoms. The largest absolute Gasteiger partial charge is 0.308 e. The van der Waals surface area contributed by atoms with E-state index in [0.717, 1.165) is 24.9 Å². The topological polar surface area (TPSA) is 23.6 Å². The van der Waals surface area contributed by atoms with Crippen LogP contribution in [0, 0.1) is 5.82 Å². The standard InChI is InChI=1S/C18H26ClFN2O/c1-21(2)16-6-4-3-5-7-17(16)22(18(23)12-13-19)15-10-8-14(20)9-11-15/h8-11,16-17H,3-7,12-13H2,1-2H3. The van der Waals surface area contributed by atoms with Gasteiger partial charge in [-0.25, -0.2) is 4.39 Å². The smallest absolute Gasteiger partial charge is 0.228 e. The molecule has 1 amide bonds. The van der Waals surface area contributed by atoms with Crippen LogP contribution in [0.5, 0.6) is 0 Å². The number of amides is 1. The van der Waals surface area contributed by atoms with E-state index in [2.05, 4.69) is 19.0 Å². The Kier molecular flexibility index (Phi) is 6.85. The first-order chi connectivity index (χ1) is 11.0. The molecule has 0 aliphatic heterocycles. The van der Waals surface area contributed by atoms with Crippen LogP contribution in [0.4, 0.5) is 10.1 Å². The van der Waals surface area contributed by atoms with Crippen LogP contribution in [0.1, 0.15) is 38.5 Å². The van der Waals surface area contributed by atoms with Crippen molar-refractivity contribution in [3.8, 4) is 0 Å². The quantitative estimate of drug-likeness (QED) is 0.596. The highest BCUT2D eigenvalue weighted by Gasteiger charge is 2.33. The number of anilines is 1. The van der Waals surface area contributed by atoms with Gasteiger partial charge >= 0.3 is 0 Å². The van der Waals surface area contributed by atoms with Crippen LogP contribution in [0.15, 0.2) is 24.3 Å². The first kappa shape index (κ1) is 18.2. The van der Waals surface area contributed by atoms with Gasteiger partial charge in [-0.1, -0.05) is 19.3 Å². The number of hydrogen-bond acceptors (Lipinski definition) is 2. The van der Waals surface area contributed by atoms with Crippen LogP contribution < -0.4 is 4.90 Å². The van der Waals surface area contributed by atoms with Gasteiger partial charge < -0.3 is 9.80 Å². The molecule has 128 valence electrons. The number of benzene rings is 1. The Balaban J connectivity index is 2.37. The Morgan fingerprint density at radius 3 is 2.30 bits per heavy atom. The van der Waals surface area contributed by atoms with Crippen molar-refractivity contribution in [1.82, 2.24) is 4.90 Å². The molecule has 2 atom stereocenters. The van der Waals surface area contributed by atoms with Crippen LogP contribution in [-0.4, -0.2) is 42.9 Å². The molecule has 0 radical (unpaired) electrons. The van der Waals surface area contributed by atoms with Crippen LogP contribution in [-0.2, 0) is 4.79 Å². The van der Waals surface area contributed by atoms with Gasteiger partial charge in [-0.05, 0) is 51.2 Å². The molecular formula is C18H26ClFN2O. The lowest BCUT2D eigenvalue weighted by Gasteiger charge is -2.39. The molecule has 2 unspecified atom stereocenters. The molecule has 1 aromatic rings. The molecular weight excluding hydrogens is 315 g/mol. The Labute approximate surface area is 143 Å². The SMILES string of the molecule is CN(C)C1CCCCCC1N(C(=O)CCCl)c1ccc(F)cc1. The van der Waals surface area contributed by atoms with Crippen LogP contribution >= 0.6 is 11.6 Å². The molecule has 0 aromatic heterocycles. The Hall–Kier alpha value is -1.13. The first-order valence-corrected chi connectivity index (χ1v) is 8.88. The zero-order valence-corrected chi connectivity index (χ0v) is 14.7. The van der Waals surface area contributed by atoms with E-state index in [4.69, 9.17) is 11.6 Å². The molecule has 0 spiro atoms. The fourth-order valence-corrected chi connectivity index (χ4v) is 3.66. The second-order valence-corrected chi connectivity index (χ2v) is 6.79. The van der Waals surface area contributed by atoms with E-state index in [1.807, 2.05) is 4.90 Å². The second kappa shape index (κ2) is 8.65. The minimum Gasteiger partial charge on any atom is -0.308 e. The molecule has 0 saturated heterocycles. The molecule has 3 nitrogen and oxygen atoms in total. The number of rotatable bonds is 5. The van der Waals surface area contributed by atoms with Crippen molar-refractivity contribution in [1.29, 1.82) is 0 Å². The molecule has 1 aliphatic carbocycles. The minimum atomic E-state index is -0.288. The number of alkyl halides is 1. The van der Waals surface area contributed by atoms with Crippen molar-refractivity contribution in [3.63, 3.8) is 0 Å². The molecule has 1 fully saturated rings. The third-order valence-corrected chi connectivity index (χ3v) is 4.81. The molecule has 1 aliphatic rings. The highest BCUT2D eigenvalue weighted by atomic mass is 35.5. The number of likely N-dealkylation sites (N-methyl/N-ethyl adjacent to an activating group) is 1. The summed E-state index contributed by atoms with van der Waals surface area (Å²) in [5, 5.41) is 0. The van der Waals surface area contributed by atoms with Gasteiger partial charge in [0.2, 0.25) is 5.91 Å². The molecule has 0 N–H and O–H groups in total. The highest BCUT2D eigenvalue weighted by Crippen LogP contribution is 2.30. The van der Waals surface area contributed by atoms with Gasteiger partial charge in [0.15, 0.2) is 0 Å². The van der Waals surface area contributed by atoms with Gasteiger partial charge in [-0.15, -0.1) is 11.6 Å². The Morgan fingerprint density at radius 2 is 1.74 bits per heavy atom. The summed E-state index contributed by atoms with van der Waals surface area (Å²) >= 11 is 5.81. The van der Waals surface area contributed by atoms with Crippen LogP contribution in [0.3, 0.4) is 0 Å². The van der Waals surface area contributed by atoms with E-state index in [1.54, 1.807) is 12.1 Å². The summed E-state index contributed by atoms with van der Waals surface area (Å²) in [6.45, 7) is 0. The van der Waals surface area contributed by atoms with E-state index < -0.39 is 0 Å². The number of carbonyl (C=O) groups is 1. The van der Waals surface area contributed by atoms with Gasteiger partial charge in [-0.3, -0.25) is 4.79 Å². The fourth-order valence-electron chi connectivity index (χ4n) is 3.50. The third-order valence-electron chi connectivity index (χ3n) is 4.62. The molecule has 0 heterocycles. The van der Waals surface area contributed by atoms with Gasteiger partial charge in [0, 0.05) is 24.0 Å². The highest BCUT2D eigenvalue weighted by molar-refractivity contribution is 6.19. The lowest BCUT2D eigenvalue weighted by Crippen LogP contribution is -2.52. The summed E-state index contributed by atoms with van der Waals surface area (Å²) in [7, 11) is 4.13. The van der Waals surface area contributed by atoms with Gasteiger partial charge in [0.05, 0.1) is 6.04 Å². The second-order valence-electron chi connectivity index (χ2n) is 6.42. The maximum absolute atomic E-state index is 13.3. The van der Waals surface area contributed by atoms with E-state index in [0.29, 0.717) is 18.3 Å². The van der Waals surface area contributed by atoms with E-state index in [-0.39, 0.29) is 17.8 Å². The summed E-state index contributed by atoms with van der Waals surface area (Å²) in [6, 6.07) is 6.63. The van der Waals surface area contributed by atoms with E-state index in [9.17, 15) is 9.18 Å². The zero-order valence-electron chi connectivity index (χ0n) is 14.0. The van der Waals surface area contributed by atoms with Crippen molar-refractivity contribution in [2.24, 2.45) is 0 Å². The van der Waals surface area contributed by atoms with E-state index >= 15 is 0 Å². The molecule has 1 aromatic carbocycles. The summed E-state index contributed by atoms with van der Waals surface area (Å²) < 4.78 is 13.3. The van der Waals surface area contributed by atoms with Gasteiger partial charge in [-0.2, -0.15) is 0 Å². The summed E-state index contributed by atoms with van der Waals surface area (Å²) in [5.74, 6) is 0.0319. The zero-order chi connectivity index (χ0) is 16.8. The number of nitrogens with zero attached hydrogens (tertiary/aromatic N) is 2. The average molecular weight is 341 g/mol. The maximum Gasteiger partial charge on any atom is 0.228 e. The lowest BCUT2D eigenvalue weighted by molar-refractivity contribution is -0.119. The normalized spacial score (nSPS) is 22.0. The van der Waals surface area contributed by atoms with Crippen LogP contribution in [0.25, 0.3) is 0 Å². The van der Waals surface area contributed by atoms with Gasteiger partial charge in [0.1, 0.15) is 5.82 Å². The Bertz CT molecular complexity index is 506. The van der Waals surface area contributed by atoms with Crippen molar-refractivity contribution in [3.05, 3.63) is 30.1 Å². The average Bonchev–Trinajstić information content (AvgIpc) is 2.76.